The first-order valence-corrected chi connectivity index (χ1v) is 10.3. The number of rotatable bonds is 7. The number of para-hydroxylation sites is 1. The van der Waals surface area contributed by atoms with E-state index in [2.05, 4.69) is 26.1 Å². The molecule has 10 heteroatoms. The average Bonchev–Trinajstić information content (AvgIpc) is 3.10. The Bertz CT molecular complexity index is 1030. The van der Waals surface area contributed by atoms with Crippen LogP contribution in [0.25, 0.3) is 0 Å². The smallest absolute Gasteiger partial charge is 0.237 e. The molecule has 150 valence electrons. The molecule has 0 aliphatic heterocycles. The van der Waals surface area contributed by atoms with Crippen molar-refractivity contribution in [2.24, 2.45) is 0 Å². The third-order valence-electron chi connectivity index (χ3n) is 3.62. The molecule has 1 unspecified atom stereocenters. The van der Waals surface area contributed by atoms with Crippen LogP contribution in [0.5, 0.6) is 0 Å². The Morgan fingerprint density at radius 3 is 2.59 bits per heavy atom. The monoisotopic (exact) mass is 431 g/mol. The summed E-state index contributed by atoms with van der Waals surface area (Å²) in [6.07, 6.45) is 0. The molecule has 0 aliphatic carbocycles. The number of carbonyl (C=O) groups is 2. The van der Waals surface area contributed by atoms with Crippen LogP contribution in [0.3, 0.4) is 0 Å². The van der Waals surface area contributed by atoms with E-state index in [1.807, 2.05) is 6.07 Å². The van der Waals surface area contributed by atoms with Gasteiger partial charge in [-0.15, -0.1) is 10.2 Å². The third-order valence-corrected chi connectivity index (χ3v) is 5.64. The molecule has 0 fully saturated rings. The first-order chi connectivity index (χ1) is 13.9. The van der Waals surface area contributed by atoms with Gasteiger partial charge < -0.3 is 16.0 Å². The largest absolute Gasteiger partial charge is 0.330 e. The van der Waals surface area contributed by atoms with E-state index in [1.54, 1.807) is 37.3 Å². The van der Waals surface area contributed by atoms with Crippen LogP contribution in [-0.4, -0.2) is 27.3 Å². The number of nitrogens with one attached hydrogen (secondary N) is 3. The van der Waals surface area contributed by atoms with E-state index in [1.165, 1.54) is 42.2 Å². The molecule has 7 nitrogen and oxygen atoms in total. The Morgan fingerprint density at radius 1 is 1.07 bits per heavy atom. The first kappa shape index (κ1) is 20.7. The van der Waals surface area contributed by atoms with Gasteiger partial charge in [-0.05, 0) is 37.3 Å². The molecule has 1 aromatic heterocycles. The number of carbonyl (C=O) groups excluding carboxylic acids is 2. The molecule has 3 aromatic rings. The van der Waals surface area contributed by atoms with E-state index in [4.69, 9.17) is 0 Å². The number of thioether (sulfide) groups is 1. The van der Waals surface area contributed by atoms with Crippen molar-refractivity contribution in [2.75, 3.05) is 16.0 Å². The van der Waals surface area contributed by atoms with Crippen molar-refractivity contribution in [3.05, 3.63) is 54.3 Å². The minimum Gasteiger partial charge on any atom is -0.330 e. The molecule has 2 amide bonds. The van der Waals surface area contributed by atoms with E-state index in [0.717, 1.165) is 5.69 Å². The van der Waals surface area contributed by atoms with E-state index < -0.39 is 11.1 Å². The fraction of sp³-hybridized carbons (Fsp3) is 0.158. The highest BCUT2D eigenvalue weighted by atomic mass is 32.2. The maximum absolute atomic E-state index is 13.7. The van der Waals surface area contributed by atoms with E-state index in [-0.39, 0.29) is 17.5 Å². The molecule has 0 saturated carbocycles. The Kier molecular flexibility index (Phi) is 6.78. The SMILES string of the molecule is CC(=O)Nc1cccc(Nc2nnc(SC(C)C(=O)Nc3ccccc3F)s2)c1. The van der Waals surface area contributed by atoms with Crippen molar-refractivity contribution in [3.8, 4) is 0 Å². The van der Waals surface area contributed by atoms with Crippen LogP contribution in [0, 0.1) is 5.82 Å². The highest BCUT2D eigenvalue weighted by Gasteiger charge is 2.18. The molecular formula is C19H18FN5O2S2. The zero-order chi connectivity index (χ0) is 20.8. The molecule has 0 radical (unpaired) electrons. The minimum absolute atomic E-state index is 0.142. The van der Waals surface area contributed by atoms with Crippen molar-refractivity contribution in [1.29, 1.82) is 0 Å². The second-order valence-electron chi connectivity index (χ2n) is 5.99. The molecule has 3 N–H and O–H groups in total. The van der Waals surface area contributed by atoms with Crippen molar-refractivity contribution in [1.82, 2.24) is 10.2 Å². The standard InChI is InChI=1S/C19H18FN5O2S2/c1-11(17(27)23-16-9-4-3-8-15(16)20)28-19-25-24-18(29-19)22-14-7-5-6-13(10-14)21-12(2)26/h3-11H,1-2H3,(H,21,26)(H,22,24)(H,23,27). The fourth-order valence-electron chi connectivity index (χ4n) is 2.31. The maximum Gasteiger partial charge on any atom is 0.237 e. The third kappa shape index (κ3) is 6.00. The van der Waals surface area contributed by atoms with E-state index in [0.29, 0.717) is 15.2 Å². The van der Waals surface area contributed by atoms with Crippen molar-refractivity contribution < 1.29 is 14.0 Å². The summed E-state index contributed by atoms with van der Waals surface area (Å²) in [6.45, 7) is 3.16. The van der Waals surface area contributed by atoms with Gasteiger partial charge in [-0.25, -0.2) is 4.39 Å². The minimum atomic E-state index is -0.487. The lowest BCUT2D eigenvalue weighted by Crippen LogP contribution is -2.22. The Balaban J connectivity index is 1.59. The van der Waals surface area contributed by atoms with Crippen molar-refractivity contribution in [2.45, 2.75) is 23.4 Å². The summed E-state index contributed by atoms with van der Waals surface area (Å²) in [4.78, 5) is 23.5. The zero-order valence-electron chi connectivity index (χ0n) is 15.6. The molecule has 0 bridgehead atoms. The molecule has 29 heavy (non-hydrogen) atoms. The molecule has 0 spiro atoms. The number of anilines is 4. The highest BCUT2D eigenvalue weighted by Crippen LogP contribution is 2.31. The second-order valence-corrected chi connectivity index (χ2v) is 8.55. The summed E-state index contributed by atoms with van der Waals surface area (Å²) in [5, 5.41) is 16.6. The van der Waals surface area contributed by atoms with Gasteiger partial charge in [-0.3, -0.25) is 9.59 Å². The quantitative estimate of drug-likeness (QED) is 0.477. The summed E-state index contributed by atoms with van der Waals surface area (Å²) in [5.41, 5.74) is 1.55. The zero-order valence-corrected chi connectivity index (χ0v) is 17.2. The van der Waals surface area contributed by atoms with Crippen LogP contribution in [0.1, 0.15) is 13.8 Å². The Labute approximate surface area is 175 Å². The van der Waals surface area contributed by atoms with Crippen molar-refractivity contribution in [3.63, 3.8) is 0 Å². The van der Waals surface area contributed by atoms with Gasteiger partial charge >= 0.3 is 0 Å². The molecule has 0 saturated heterocycles. The normalized spacial score (nSPS) is 11.6. The van der Waals surface area contributed by atoms with Gasteiger partial charge in [-0.2, -0.15) is 0 Å². The number of halogens is 1. The van der Waals surface area contributed by atoms with Crippen LogP contribution >= 0.6 is 23.1 Å². The molecule has 0 aliphatic rings. The van der Waals surface area contributed by atoms with Gasteiger partial charge in [0, 0.05) is 18.3 Å². The summed E-state index contributed by atoms with van der Waals surface area (Å²) >= 11 is 2.52. The molecule has 2 aromatic carbocycles. The van der Waals surface area contributed by atoms with Gasteiger partial charge in [-0.1, -0.05) is 41.3 Å². The highest BCUT2D eigenvalue weighted by molar-refractivity contribution is 8.02. The van der Waals surface area contributed by atoms with E-state index in [9.17, 15) is 14.0 Å². The molecule has 1 heterocycles. The van der Waals surface area contributed by atoms with Gasteiger partial charge in [0.25, 0.3) is 0 Å². The predicted octanol–water partition coefficient (Wildman–Crippen LogP) is 4.50. The van der Waals surface area contributed by atoms with Crippen LogP contribution in [0.4, 0.5) is 26.6 Å². The maximum atomic E-state index is 13.7. The summed E-state index contributed by atoms with van der Waals surface area (Å²) in [7, 11) is 0. The molecule has 1 atom stereocenters. The van der Waals surface area contributed by atoms with Crippen LogP contribution in [-0.2, 0) is 9.59 Å². The van der Waals surface area contributed by atoms with Crippen LogP contribution in [0.15, 0.2) is 52.9 Å². The lowest BCUT2D eigenvalue weighted by Gasteiger charge is -2.10. The summed E-state index contributed by atoms with van der Waals surface area (Å²) < 4.78 is 14.3. The van der Waals surface area contributed by atoms with Gasteiger partial charge in [0.1, 0.15) is 5.82 Å². The van der Waals surface area contributed by atoms with Crippen LogP contribution in [0.2, 0.25) is 0 Å². The molecule has 3 rings (SSSR count). The lowest BCUT2D eigenvalue weighted by atomic mass is 10.3. The number of hydrogen-bond acceptors (Lipinski definition) is 7. The average molecular weight is 432 g/mol. The van der Waals surface area contributed by atoms with E-state index >= 15 is 0 Å². The van der Waals surface area contributed by atoms with Crippen LogP contribution < -0.4 is 16.0 Å². The lowest BCUT2D eigenvalue weighted by molar-refractivity contribution is -0.115. The summed E-state index contributed by atoms with van der Waals surface area (Å²) in [5.74, 6) is -0.964. The van der Waals surface area contributed by atoms with Gasteiger partial charge in [0.2, 0.25) is 16.9 Å². The Morgan fingerprint density at radius 2 is 1.83 bits per heavy atom. The predicted molar refractivity (Wildman–Crippen MR) is 114 cm³/mol. The Hall–Kier alpha value is -2.98. The number of aromatic nitrogens is 2. The topological polar surface area (TPSA) is 96.0 Å². The fourth-order valence-corrected chi connectivity index (χ4v) is 4.23. The van der Waals surface area contributed by atoms with Gasteiger partial charge in [0.05, 0.1) is 10.9 Å². The second kappa shape index (κ2) is 9.48. The summed E-state index contributed by atoms with van der Waals surface area (Å²) in [6, 6.07) is 13.2. The van der Waals surface area contributed by atoms with Crippen molar-refractivity contribution >= 4 is 57.1 Å². The number of hydrogen-bond donors (Lipinski definition) is 3. The number of benzene rings is 2. The number of nitrogens with zero attached hydrogens (tertiary/aromatic N) is 2. The number of amides is 2. The molecular weight excluding hydrogens is 413 g/mol. The van der Waals surface area contributed by atoms with Gasteiger partial charge in [0.15, 0.2) is 4.34 Å². The first-order valence-electron chi connectivity index (χ1n) is 8.61.